The van der Waals surface area contributed by atoms with Crippen LogP contribution in [-0.4, -0.2) is 17.5 Å². The summed E-state index contributed by atoms with van der Waals surface area (Å²) in [4.78, 5) is 11.4. The molecule has 1 N–H and O–H groups in total. The highest BCUT2D eigenvalue weighted by molar-refractivity contribution is 5.75. The van der Waals surface area contributed by atoms with Crippen LogP contribution in [0.3, 0.4) is 0 Å². The van der Waals surface area contributed by atoms with Crippen LogP contribution in [0, 0.1) is 17.3 Å². The molecule has 0 aliphatic heterocycles. The Labute approximate surface area is 135 Å². The van der Waals surface area contributed by atoms with E-state index in [1.165, 1.54) is 17.6 Å². The van der Waals surface area contributed by atoms with Gasteiger partial charge in [0.2, 0.25) is 0 Å². The third-order valence-corrected chi connectivity index (χ3v) is 5.60. The number of hydrogen-bond donors (Lipinski definition) is 1. The average Bonchev–Trinajstić information content (AvgIpc) is 2.99. The summed E-state index contributed by atoms with van der Waals surface area (Å²) in [6.07, 6.45) is 11.6. The summed E-state index contributed by atoms with van der Waals surface area (Å²) in [5.74, 6) is 1.04. The number of allylic oxidation sites excluding steroid dienone is 4. The maximum absolute atomic E-state index is 11.4. The van der Waals surface area contributed by atoms with Crippen LogP contribution in [0.5, 0.6) is 0 Å². The Morgan fingerprint density at radius 2 is 1.86 bits per heavy atom. The molecule has 0 spiro atoms. The van der Waals surface area contributed by atoms with Gasteiger partial charge in [0.1, 0.15) is 6.29 Å². The molecule has 22 heavy (non-hydrogen) atoms. The van der Waals surface area contributed by atoms with Gasteiger partial charge in [0, 0.05) is 5.57 Å². The Kier molecular flexibility index (Phi) is 5.44. The highest BCUT2D eigenvalue weighted by atomic mass is 16.3. The van der Waals surface area contributed by atoms with Crippen molar-refractivity contribution in [2.45, 2.75) is 65.9 Å². The largest absolute Gasteiger partial charge is 0.388 e. The van der Waals surface area contributed by atoms with Crippen molar-refractivity contribution in [2.75, 3.05) is 0 Å². The van der Waals surface area contributed by atoms with Crippen LogP contribution in [0.4, 0.5) is 0 Å². The van der Waals surface area contributed by atoms with Crippen molar-refractivity contribution < 1.29 is 9.90 Å². The molecule has 2 heteroatoms. The number of carbonyl (C=O) groups excluding carboxylic acids is 1. The zero-order chi connectivity index (χ0) is 16.3. The van der Waals surface area contributed by atoms with Crippen LogP contribution in [0.2, 0.25) is 0 Å². The van der Waals surface area contributed by atoms with Crippen molar-refractivity contribution in [1.82, 2.24) is 0 Å². The summed E-state index contributed by atoms with van der Waals surface area (Å²) < 4.78 is 0. The minimum Gasteiger partial charge on any atom is -0.388 e. The van der Waals surface area contributed by atoms with Gasteiger partial charge in [-0.1, -0.05) is 43.2 Å². The minimum absolute atomic E-state index is 0.250. The molecule has 0 bridgehead atoms. The smallest absolute Gasteiger partial charge is 0.148 e. The zero-order valence-electron chi connectivity index (χ0n) is 14.4. The lowest BCUT2D eigenvalue weighted by Gasteiger charge is -2.10. The van der Waals surface area contributed by atoms with Crippen molar-refractivity contribution >= 4 is 6.29 Å². The summed E-state index contributed by atoms with van der Waals surface area (Å²) in [6, 6.07) is 0. The fraction of sp³-hybridized carbons (Fsp3) is 0.650. The SMILES string of the molecule is C/C1=C\CC(O)/C(C=O)=C/[C@@H]2[C@H](CC/C(C)=C/CC1)C2(C)C. The molecule has 0 amide bonds. The molecule has 1 saturated carbocycles. The van der Waals surface area contributed by atoms with Gasteiger partial charge in [-0.2, -0.15) is 0 Å². The van der Waals surface area contributed by atoms with E-state index in [1.807, 2.05) is 6.08 Å². The molecule has 122 valence electrons. The number of rotatable bonds is 1. The molecular weight excluding hydrogens is 272 g/mol. The molecule has 0 radical (unpaired) electrons. The molecule has 3 atom stereocenters. The lowest BCUT2D eigenvalue weighted by atomic mass is 10.0. The van der Waals surface area contributed by atoms with Crippen molar-refractivity contribution in [3.63, 3.8) is 0 Å². The number of aldehydes is 1. The van der Waals surface area contributed by atoms with Gasteiger partial charge in [-0.15, -0.1) is 0 Å². The normalized spacial score (nSPS) is 39.9. The minimum atomic E-state index is -0.662. The van der Waals surface area contributed by atoms with Gasteiger partial charge in [-0.05, 0) is 63.2 Å². The lowest BCUT2D eigenvalue weighted by molar-refractivity contribution is -0.105. The van der Waals surface area contributed by atoms with Crippen LogP contribution in [0.1, 0.15) is 59.8 Å². The Balaban J connectivity index is 2.22. The first-order chi connectivity index (χ1) is 10.4. The van der Waals surface area contributed by atoms with E-state index in [2.05, 4.69) is 39.8 Å². The molecule has 1 unspecified atom stereocenters. The second-order valence-corrected chi connectivity index (χ2v) is 7.67. The molecule has 0 aromatic carbocycles. The molecule has 0 aromatic heterocycles. The molecule has 0 aromatic rings. The molecular formula is C20H30O2. The summed E-state index contributed by atoms with van der Waals surface area (Å²) in [5.41, 5.74) is 3.58. The van der Waals surface area contributed by atoms with E-state index in [0.29, 0.717) is 23.8 Å². The monoisotopic (exact) mass is 302 g/mol. The molecule has 0 saturated heterocycles. The van der Waals surface area contributed by atoms with Gasteiger partial charge >= 0.3 is 0 Å². The first kappa shape index (κ1) is 17.2. The Bertz CT molecular complexity index is 508. The molecule has 2 nitrogen and oxygen atoms in total. The second-order valence-electron chi connectivity index (χ2n) is 7.67. The molecule has 2 aliphatic rings. The Morgan fingerprint density at radius 3 is 2.55 bits per heavy atom. The van der Waals surface area contributed by atoms with Crippen LogP contribution in [0.25, 0.3) is 0 Å². The van der Waals surface area contributed by atoms with E-state index in [4.69, 9.17) is 0 Å². The van der Waals surface area contributed by atoms with Gasteiger partial charge in [0.15, 0.2) is 0 Å². The zero-order valence-corrected chi connectivity index (χ0v) is 14.4. The summed E-state index contributed by atoms with van der Waals surface area (Å²) in [7, 11) is 0. The van der Waals surface area contributed by atoms with Crippen molar-refractivity contribution in [3.05, 3.63) is 34.9 Å². The van der Waals surface area contributed by atoms with Gasteiger partial charge < -0.3 is 5.11 Å². The van der Waals surface area contributed by atoms with Crippen LogP contribution >= 0.6 is 0 Å². The highest BCUT2D eigenvalue weighted by Gasteiger charge is 2.55. The maximum Gasteiger partial charge on any atom is 0.148 e. The summed E-state index contributed by atoms with van der Waals surface area (Å²) >= 11 is 0. The highest BCUT2D eigenvalue weighted by Crippen LogP contribution is 2.61. The van der Waals surface area contributed by atoms with Crippen molar-refractivity contribution in [3.8, 4) is 0 Å². The van der Waals surface area contributed by atoms with E-state index < -0.39 is 6.10 Å². The Morgan fingerprint density at radius 1 is 1.18 bits per heavy atom. The maximum atomic E-state index is 11.4. The molecule has 2 aliphatic carbocycles. The number of hydrogen-bond acceptors (Lipinski definition) is 2. The number of fused-ring (bicyclic) bond motifs is 1. The predicted octanol–water partition coefficient (Wildman–Crippen LogP) is 4.60. The van der Waals surface area contributed by atoms with E-state index in [9.17, 15) is 9.90 Å². The standard InChI is InChI=1S/C20H30O2/c1-14-6-5-7-15(2)9-11-19(22)16(13-21)12-18-17(10-8-14)20(18,3)4/h6,9,12-13,17-19,22H,5,7-8,10-11H2,1-4H3/b14-6+,15-9+,16-12+/t17-,18+,19?/m0/s1. The van der Waals surface area contributed by atoms with E-state index in [-0.39, 0.29) is 5.41 Å². The summed E-state index contributed by atoms with van der Waals surface area (Å²) in [6.45, 7) is 8.88. The first-order valence-corrected chi connectivity index (χ1v) is 8.52. The van der Waals surface area contributed by atoms with Gasteiger partial charge in [-0.3, -0.25) is 4.79 Å². The van der Waals surface area contributed by atoms with Gasteiger partial charge in [-0.25, -0.2) is 0 Å². The number of aliphatic hydroxyl groups is 1. The second kappa shape index (κ2) is 6.95. The molecule has 2 rings (SSSR count). The van der Waals surface area contributed by atoms with Crippen LogP contribution < -0.4 is 0 Å². The molecule has 1 fully saturated rings. The van der Waals surface area contributed by atoms with Crippen molar-refractivity contribution in [1.29, 1.82) is 0 Å². The summed E-state index contributed by atoms with van der Waals surface area (Å²) in [5, 5.41) is 10.3. The first-order valence-electron chi connectivity index (χ1n) is 8.52. The van der Waals surface area contributed by atoms with E-state index in [0.717, 1.165) is 25.5 Å². The van der Waals surface area contributed by atoms with E-state index in [1.54, 1.807) is 0 Å². The predicted molar refractivity (Wildman–Crippen MR) is 91.5 cm³/mol. The average molecular weight is 302 g/mol. The van der Waals surface area contributed by atoms with Gasteiger partial charge in [0.05, 0.1) is 6.10 Å². The van der Waals surface area contributed by atoms with Crippen LogP contribution in [0.15, 0.2) is 34.9 Å². The van der Waals surface area contributed by atoms with E-state index >= 15 is 0 Å². The third kappa shape index (κ3) is 3.98. The Hall–Kier alpha value is -1.15. The van der Waals surface area contributed by atoms with Crippen molar-refractivity contribution in [2.24, 2.45) is 17.3 Å². The lowest BCUT2D eigenvalue weighted by Crippen LogP contribution is -2.11. The molecule has 0 heterocycles. The third-order valence-electron chi connectivity index (χ3n) is 5.60. The van der Waals surface area contributed by atoms with Crippen LogP contribution in [-0.2, 0) is 4.79 Å². The topological polar surface area (TPSA) is 37.3 Å². The number of carbonyl (C=O) groups is 1. The quantitative estimate of drug-likeness (QED) is 0.567. The fourth-order valence-corrected chi connectivity index (χ4v) is 3.69. The van der Waals surface area contributed by atoms with Gasteiger partial charge in [0.25, 0.3) is 0 Å². The number of aliphatic hydroxyl groups excluding tert-OH is 1. The fourth-order valence-electron chi connectivity index (χ4n) is 3.69.